The summed E-state index contributed by atoms with van der Waals surface area (Å²) >= 11 is 0. The van der Waals surface area contributed by atoms with Crippen molar-refractivity contribution in [2.75, 3.05) is 7.11 Å². The van der Waals surface area contributed by atoms with Crippen LogP contribution in [0.2, 0.25) is 0 Å². The van der Waals surface area contributed by atoms with Crippen molar-refractivity contribution in [3.8, 4) is 11.6 Å². The molecule has 1 atom stereocenters. The van der Waals surface area contributed by atoms with Crippen LogP contribution in [0.5, 0.6) is 11.6 Å². The monoisotopic (exact) mass is 455 g/mol. The van der Waals surface area contributed by atoms with Crippen molar-refractivity contribution in [3.63, 3.8) is 0 Å². The van der Waals surface area contributed by atoms with E-state index in [-0.39, 0.29) is 24.5 Å². The first-order valence-electron chi connectivity index (χ1n) is 9.81. The summed E-state index contributed by atoms with van der Waals surface area (Å²) in [5.74, 6) is -3.38. The summed E-state index contributed by atoms with van der Waals surface area (Å²) < 4.78 is 18.4. The third-order valence-corrected chi connectivity index (χ3v) is 4.71. The molecule has 11 heteroatoms. The quantitative estimate of drug-likeness (QED) is 0.375. The highest BCUT2D eigenvalue weighted by Gasteiger charge is 2.30. The Morgan fingerprint density at radius 2 is 1.82 bits per heavy atom. The molecule has 2 heterocycles. The zero-order valence-corrected chi connectivity index (χ0v) is 17.9. The molecular formula is C22H22FN5O5. The van der Waals surface area contributed by atoms with Crippen LogP contribution in [0, 0.1) is 5.82 Å². The van der Waals surface area contributed by atoms with Gasteiger partial charge in [0.05, 0.1) is 6.42 Å². The van der Waals surface area contributed by atoms with Crippen LogP contribution in [0.3, 0.4) is 0 Å². The van der Waals surface area contributed by atoms with Gasteiger partial charge in [0.2, 0.25) is 5.75 Å². The normalized spacial score (nSPS) is 12.6. The average Bonchev–Trinajstić information content (AvgIpc) is 2.81. The van der Waals surface area contributed by atoms with Gasteiger partial charge in [-0.1, -0.05) is 18.2 Å². The van der Waals surface area contributed by atoms with Gasteiger partial charge < -0.3 is 25.6 Å². The van der Waals surface area contributed by atoms with Gasteiger partial charge in [0.25, 0.3) is 17.7 Å². The molecule has 0 saturated carbocycles. The third-order valence-electron chi connectivity index (χ3n) is 4.71. The van der Waals surface area contributed by atoms with Gasteiger partial charge in [0.15, 0.2) is 5.69 Å². The number of nitrogens with one attached hydrogen (secondary N) is 2. The van der Waals surface area contributed by atoms with E-state index in [1.165, 1.54) is 43.6 Å². The van der Waals surface area contributed by atoms with E-state index >= 15 is 0 Å². The number of methoxy groups -OCH3 is 1. The topological polar surface area (TPSA) is 147 Å². The predicted molar refractivity (Wildman–Crippen MR) is 114 cm³/mol. The van der Waals surface area contributed by atoms with Gasteiger partial charge in [-0.25, -0.2) is 9.37 Å². The second kappa shape index (κ2) is 10.0. The Labute approximate surface area is 188 Å². The lowest BCUT2D eigenvalue weighted by Crippen LogP contribution is -2.49. The fraction of sp³-hybridized carbons (Fsp3) is 0.227. The number of carbonyl (C=O) groups is 2. The number of aromatic hydroxyl groups is 2. The molecular weight excluding hydrogens is 433 g/mol. The first-order chi connectivity index (χ1) is 15.7. The molecule has 1 aromatic carbocycles. The van der Waals surface area contributed by atoms with Crippen LogP contribution in [-0.2, 0) is 17.7 Å². The highest BCUT2D eigenvalue weighted by molar-refractivity contribution is 5.95. The molecule has 0 aliphatic carbocycles. The second-order valence-electron chi connectivity index (χ2n) is 7.25. The molecule has 0 bridgehead atoms. The summed E-state index contributed by atoms with van der Waals surface area (Å²) in [7, 11) is 1.36. The lowest BCUT2D eigenvalue weighted by atomic mass is 10.1. The van der Waals surface area contributed by atoms with Crippen LogP contribution in [0.4, 0.5) is 4.39 Å². The number of pyridine rings is 1. The maximum absolute atomic E-state index is 13.0. The number of amides is 2. The van der Waals surface area contributed by atoms with Crippen molar-refractivity contribution in [3.05, 3.63) is 77.3 Å². The molecule has 2 aromatic heterocycles. The summed E-state index contributed by atoms with van der Waals surface area (Å²) in [4.78, 5) is 36.8. The molecule has 0 aliphatic rings. The number of halogens is 1. The number of carbonyl (C=O) groups excluding carboxylic acids is 2. The van der Waals surface area contributed by atoms with Crippen molar-refractivity contribution < 1.29 is 28.9 Å². The molecule has 2 amide bonds. The Morgan fingerprint density at radius 1 is 1.09 bits per heavy atom. The van der Waals surface area contributed by atoms with Crippen LogP contribution in [-0.4, -0.2) is 49.8 Å². The lowest BCUT2D eigenvalue weighted by Gasteiger charge is -2.28. The number of nitrogens with zero attached hydrogens (tertiary/aromatic N) is 3. The molecule has 33 heavy (non-hydrogen) atoms. The Kier molecular flexibility index (Phi) is 7.13. The Balaban J connectivity index is 1.76. The van der Waals surface area contributed by atoms with Gasteiger partial charge in [-0.2, -0.15) is 4.98 Å². The summed E-state index contributed by atoms with van der Waals surface area (Å²) in [6.07, 6.45) is 1.32. The number of aromatic nitrogens is 3. The van der Waals surface area contributed by atoms with Gasteiger partial charge >= 0.3 is 0 Å². The van der Waals surface area contributed by atoms with Gasteiger partial charge in [-0.05, 0) is 36.8 Å². The lowest BCUT2D eigenvalue weighted by molar-refractivity contribution is -0.0197. The largest absolute Gasteiger partial charge is 0.501 e. The highest BCUT2D eigenvalue weighted by Crippen LogP contribution is 2.26. The summed E-state index contributed by atoms with van der Waals surface area (Å²) in [5, 5.41) is 25.3. The third kappa shape index (κ3) is 5.98. The van der Waals surface area contributed by atoms with E-state index in [0.717, 1.165) is 0 Å². The van der Waals surface area contributed by atoms with Crippen molar-refractivity contribution in [2.45, 2.75) is 25.6 Å². The summed E-state index contributed by atoms with van der Waals surface area (Å²) in [6, 6.07) is 10.3. The van der Waals surface area contributed by atoms with E-state index in [0.29, 0.717) is 5.56 Å². The minimum absolute atomic E-state index is 0.0363. The first kappa shape index (κ1) is 23.5. The molecule has 3 rings (SSSR count). The Hall–Kier alpha value is -4.12. The number of rotatable bonds is 8. The predicted octanol–water partition coefficient (Wildman–Crippen LogP) is 1.69. The molecule has 0 saturated heterocycles. The SMILES string of the molecule is COC(C)(Cc1nc(O)c(O)c(C(=O)NCc2ccc(F)cc2)n1)NC(=O)c1ccccn1. The second-order valence-corrected chi connectivity index (χ2v) is 7.25. The standard InChI is InChI=1S/C22H22FN5O5/c1-22(33-2,28-19(30)15-5-3-4-10-24-15)11-16-26-17(18(29)21(32)27-16)20(31)25-12-13-6-8-14(23)9-7-13/h3-10,29H,11-12H2,1-2H3,(H,25,31)(H,28,30)(H,26,27,32). The number of benzene rings is 1. The van der Waals surface area contributed by atoms with Crippen LogP contribution >= 0.6 is 0 Å². The maximum atomic E-state index is 13.0. The minimum Gasteiger partial charge on any atom is -0.501 e. The fourth-order valence-electron chi connectivity index (χ4n) is 2.86. The molecule has 1 unspecified atom stereocenters. The van der Waals surface area contributed by atoms with E-state index in [4.69, 9.17) is 4.74 Å². The van der Waals surface area contributed by atoms with Crippen molar-refractivity contribution in [2.24, 2.45) is 0 Å². The summed E-state index contributed by atoms with van der Waals surface area (Å²) in [5.41, 5.74) is -1.00. The van der Waals surface area contributed by atoms with Crippen molar-refractivity contribution in [1.29, 1.82) is 0 Å². The number of ether oxygens (including phenoxy) is 1. The molecule has 0 fully saturated rings. The molecule has 0 aliphatic heterocycles. The Bertz CT molecular complexity index is 1140. The van der Waals surface area contributed by atoms with Gasteiger partial charge in [-0.3, -0.25) is 14.6 Å². The molecule has 0 radical (unpaired) electrons. The van der Waals surface area contributed by atoms with E-state index in [1.807, 2.05) is 0 Å². The minimum atomic E-state index is -1.32. The Morgan fingerprint density at radius 3 is 2.45 bits per heavy atom. The highest BCUT2D eigenvalue weighted by atomic mass is 19.1. The number of hydrogen-bond acceptors (Lipinski definition) is 8. The van der Waals surface area contributed by atoms with Crippen LogP contribution in [0.25, 0.3) is 0 Å². The average molecular weight is 455 g/mol. The molecule has 4 N–H and O–H groups in total. The van der Waals surface area contributed by atoms with Gasteiger partial charge in [0, 0.05) is 19.9 Å². The molecule has 0 spiro atoms. The first-order valence-corrected chi connectivity index (χ1v) is 9.81. The van der Waals surface area contributed by atoms with Crippen LogP contribution < -0.4 is 10.6 Å². The number of hydrogen-bond donors (Lipinski definition) is 4. The zero-order chi connectivity index (χ0) is 24.0. The van der Waals surface area contributed by atoms with Crippen LogP contribution in [0.1, 0.15) is 39.3 Å². The van der Waals surface area contributed by atoms with E-state index in [2.05, 4.69) is 25.6 Å². The van der Waals surface area contributed by atoms with E-state index < -0.39 is 40.7 Å². The fourth-order valence-corrected chi connectivity index (χ4v) is 2.86. The van der Waals surface area contributed by atoms with Crippen molar-refractivity contribution in [1.82, 2.24) is 25.6 Å². The molecule has 172 valence electrons. The molecule has 3 aromatic rings. The maximum Gasteiger partial charge on any atom is 0.274 e. The van der Waals surface area contributed by atoms with Crippen LogP contribution in [0.15, 0.2) is 48.7 Å². The smallest absolute Gasteiger partial charge is 0.274 e. The van der Waals surface area contributed by atoms with E-state index in [9.17, 15) is 24.2 Å². The van der Waals surface area contributed by atoms with Gasteiger partial charge in [0.1, 0.15) is 23.1 Å². The van der Waals surface area contributed by atoms with E-state index in [1.54, 1.807) is 19.1 Å². The summed E-state index contributed by atoms with van der Waals surface area (Å²) in [6.45, 7) is 1.59. The van der Waals surface area contributed by atoms with Gasteiger partial charge in [-0.15, -0.1) is 0 Å². The van der Waals surface area contributed by atoms with Crippen molar-refractivity contribution >= 4 is 11.8 Å². The zero-order valence-electron chi connectivity index (χ0n) is 17.9. The molecule has 10 nitrogen and oxygen atoms in total.